The molecule has 1 aromatic carbocycles. The van der Waals surface area contributed by atoms with Crippen molar-refractivity contribution in [1.29, 1.82) is 0 Å². The van der Waals surface area contributed by atoms with E-state index in [-0.39, 0.29) is 5.75 Å². The van der Waals surface area contributed by atoms with Crippen molar-refractivity contribution in [3.63, 3.8) is 0 Å². The number of hydrogen-bond donors (Lipinski definition) is 2. The topological polar surface area (TPSA) is 101 Å². The number of nitrogens with zero attached hydrogens (tertiary/aromatic N) is 2. The van der Waals surface area contributed by atoms with Gasteiger partial charge in [-0.05, 0) is 79.6 Å². The molecule has 4 fully saturated rings. The summed E-state index contributed by atoms with van der Waals surface area (Å²) in [5.41, 5.74) is -0.617. The lowest BCUT2D eigenvalue weighted by Crippen LogP contribution is -2.80. The second kappa shape index (κ2) is 8.29. The van der Waals surface area contributed by atoms with Crippen LogP contribution in [-0.2, 0) is 14.9 Å². The SMILES string of the molecule is CCN(CC)C(=O)Oc1c(Br)cc2c3c1O[C@H]1C4(CC[C@@]5(O)[C@@H](C2O)N(CC2CC2)CC[C@]315)OCCO4. The third-order valence-corrected chi connectivity index (χ3v) is 10.4. The number of aliphatic hydroxyl groups excluding tert-OH is 1. The normalized spacial score (nSPS) is 36.8. The first kappa shape index (κ1) is 24.6. The fourth-order valence-electron chi connectivity index (χ4n) is 8.02. The molecule has 2 saturated carbocycles. The van der Waals surface area contributed by atoms with Crippen LogP contribution in [0.2, 0.25) is 0 Å². The van der Waals surface area contributed by atoms with Crippen molar-refractivity contribution in [3.05, 3.63) is 21.7 Å². The number of carbonyl (C=O) groups excluding carboxylic acids is 1. The molecule has 2 N–H and O–H groups in total. The van der Waals surface area contributed by atoms with Gasteiger partial charge in [0.15, 0.2) is 17.6 Å². The van der Waals surface area contributed by atoms with E-state index >= 15 is 0 Å². The number of amides is 1. The van der Waals surface area contributed by atoms with Crippen LogP contribution in [0.4, 0.5) is 4.79 Å². The molecule has 9 nitrogen and oxygen atoms in total. The number of ether oxygens (including phenoxy) is 4. The number of rotatable bonds is 5. The van der Waals surface area contributed by atoms with Gasteiger partial charge >= 0.3 is 6.09 Å². The number of hydrogen-bond acceptors (Lipinski definition) is 8. The third kappa shape index (κ3) is 3.11. The molecule has 0 aromatic heterocycles. The minimum absolute atomic E-state index is 0.279. The Morgan fingerprint density at radius 1 is 1.22 bits per heavy atom. The molecule has 0 radical (unpaired) electrons. The zero-order valence-electron chi connectivity index (χ0n) is 21.4. The molecule has 6 aliphatic rings. The molecule has 37 heavy (non-hydrogen) atoms. The van der Waals surface area contributed by atoms with Gasteiger partial charge in [-0.1, -0.05) is 0 Å². The van der Waals surface area contributed by atoms with Crippen molar-refractivity contribution in [1.82, 2.24) is 9.80 Å². The molecule has 202 valence electrons. The molecule has 1 unspecified atom stereocenters. The van der Waals surface area contributed by atoms with Crippen LogP contribution in [0.1, 0.15) is 63.2 Å². The van der Waals surface area contributed by atoms with Crippen LogP contribution in [0.25, 0.3) is 0 Å². The van der Waals surface area contributed by atoms with Crippen LogP contribution < -0.4 is 9.47 Å². The molecule has 2 bridgehead atoms. The van der Waals surface area contributed by atoms with Crippen molar-refractivity contribution in [3.8, 4) is 11.5 Å². The first-order chi connectivity index (χ1) is 17.8. The molecule has 1 aromatic rings. The Kier molecular flexibility index (Phi) is 5.51. The van der Waals surface area contributed by atoms with Gasteiger partial charge in [-0.25, -0.2) is 4.79 Å². The highest BCUT2D eigenvalue weighted by atomic mass is 79.9. The number of halogens is 1. The van der Waals surface area contributed by atoms with Crippen molar-refractivity contribution in [2.45, 2.75) is 81.0 Å². The van der Waals surface area contributed by atoms with Gasteiger partial charge in [-0.3, -0.25) is 4.90 Å². The fraction of sp³-hybridized carbons (Fsp3) is 0.741. The van der Waals surface area contributed by atoms with Crippen LogP contribution in [0, 0.1) is 5.92 Å². The zero-order chi connectivity index (χ0) is 25.7. The molecule has 2 spiro atoms. The first-order valence-electron chi connectivity index (χ1n) is 13.7. The molecule has 2 saturated heterocycles. The average molecular weight is 579 g/mol. The van der Waals surface area contributed by atoms with E-state index < -0.39 is 41.1 Å². The summed E-state index contributed by atoms with van der Waals surface area (Å²) in [5.74, 6) is 0.325. The van der Waals surface area contributed by atoms with Crippen LogP contribution in [0.15, 0.2) is 10.5 Å². The van der Waals surface area contributed by atoms with Gasteiger partial charge in [0.25, 0.3) is 0 Å². The lowest BCUT2D eigenvalue weighted by atomic mass is 9.47. The number of fused-ring (bicyclic) bond motifs is 1. The van der Waals surface area contributed by atoms with Gasteiger partial charge in [0.2, 0.25) is 5.79 Å². The number of likely N-dealkylation sites (tertiary alicyclic amines) is 1. The van der Waals surface area contributed by atoms with E-state index in [1.54, 1.807) is 4.90 Å². The Morgan fingerprint density at radius 2 is 1.95 bits per heavy atom. The number of piperidine rings is 1. The van der Waals surface area contributed by atoms with Crippen LogP contribution in [0.5, 0.6) is 11.5 Å². The van der Waals surface area contributed by atoms with Gasteiger partial charge in [-0.15, -0.1) is 0 Å². The standard InChI is InChI=1S/C27H35BrN2O7/c1-3-29(4-2)24(32)37-20-17(28)13-16-18-21(20)36-23-25(18)9-10-30(14-15-5-6-15)22(19(16)31)26(25,33)7-8-27(23)34-11-12-35-27/h13,15,19,22-23,31,33H,3-12,14H2,1-2H3/t19?,22-,23-,25+,26-/m1/s1. The summed E-state index contributed by atoms with van der Waals surface area (Å²) >= 11 is 3.61. The Hall–Kier alpha value is -1.43. The second-order valence-corrected chi connectivity index (χ2v) is 12.4. The molecule has 3 aliphatic carbocycles. The van der Waals surface area contributed by atoms with Gasteiger partial charge in [0.05, 0.1) is 40.8 Å². The van der Waals surface area contributed by atoms with E-state index in [1.165, 1.54) is 12.8 Å². The Bertz CT molecular complexity index is 1130. The molecular weight excluding hydrogens is 544 g/mol. The van der Waals surface area contributed by atoms with E-state index in [0.717, 1.165) is 24.2 Å². The largest absolute Gasteiger partial charge is 0.479 e. The lowest BCUT2D eigenvalue weighted by Gasteiger charge is -2.66. The summed E-state index contributed by atoms with van der Waals surface area (Å²) in [6.07, 6.45) is 1.95. The maximum absolute atomic E-state index is 13.0. The van der Waals surface area contributed by atoms with Crippen molar-refractivity contribution in [2.75, 3.05) is 39.4 Å². The van der Waals surface area contributed by atoms with E-state index in [0.29, 0.717) is 61.7 Å². The molecule has 10 heteroatoms. The summed E-state index contributed by atoms with van der Waals surface area (Å²) in [6.45, 7) is 7.38. The van der Waals surface area contributed by atoms with Gasteiger partial charge in [-0.2, -0.15) is 0 Å². The summed E-state index contributed by atoms with van der Waals surface area (Å²) in [4.78, 5) is 16.9. The summed E-state index contributed by atoms with van der Waals surface area (Å²) in [7, 11) is 0. The fourth-order valence-corrected chi connectivity index (χ4v) is 8.53. The highest BCUT2D eigenvalue weighted by Crippen LogP contribution is 2.70. The summed E-state index contributed by atoms with van der Waals surface area (Å²) in [6, 6.07) is 1.40. The smallest absolute Gasteiger partial charge is 0.415 e. The molecule has 3 aliphatic heterocycles. The van der Waals surface area contributed by atoms with E-state index in [4.69, 9.17) is 18.9 Å². The van der Waals surface area contributed by atoms with E-state index in [9.17, 15) is 15.0 Å². The Labute approximate surface area is 225 Å². The van der Waals surface area contributed by atoms with E-state index in [2.05, 4.69) is 20.8 Å². The molecular formula is C27H35BrN2O7. The Morgan fingerprint density at radius 3 is 2.62 bits per heavy atom. The van der Waals surface area contributed by atoms with E-state index in [1.807, 2.05) is 19.9 Å². The molecule has 3 heterocycles. The number of carbonyl (C=O) groups is 1. The van der Waals surface area contributed by atoms with Crippen LogP contribution in [0.3, 0.4) is 0 Å². The van der Waals surface area contributed by atoms with Crippen molar-refractivity contribution < 1.29 is 34.0 Å². The maximum Gasteiger partial charge on any atom is 0.415 e. The maximum atomic E-state index is 13.0. The molecule has 5 atom stereocenters. The zero-order valence-corrected chi connectivity index (χ0v) is 23.0. The number of aliphatic hydroxyl groups is 2. The average Bonchev–Trinajstić information content (AvgIpc) is 3.43. The molecule has 1 amide bonds. The lowest BCUT2D eigenvalue weighted by molar-refractivity contribution is -0.304. The van der Waals surface area contributed by atoms with Gasteiger partial charge < -0.3 is 34.1 Å². The quantitative estimate of drug-likeness (QED) is 0.549. The minimum atomic E-state index is -1.24. The second-order valence-electron chi connectivity index (χ2n) is 11.5. The monoisotopic (exact) mass is 578 g/mol. The van der Waals surface area contributed by atoms with Crippen molar-refractivity contribution in [2.24, 2.45) is 5.92 Å². The van der Waals surface area contributed by atoms with Gasteiger partial charge in [0, 0.05) is 31.6 Å². The van der Waals surface area contributed by atoms with Crippen LogP contribution in [-0.4, -0.2) is 89.0 Å². The predicted molar refractivity (Wildman–Crippen MR) is 136 cm³/mol. The Balaban J connectivity index is 1.42. The number of benzene rings is 1. The predicted octanol–water partition coefficient (Wildman–Crippen LogP) is 3.09. The first-order valence-corrected chi connectivity index (χ1v) is 14.5. The van der Waals surface area contributed by atoms with Gasteiger partial charge in [0.1, 0.15) is 0 Å². The van der Waals surface area contributed by atoms with Crippen LogP contribution >= 0.6 is 15.9 Å². The summed E-state index contributed by atoms with van der Waals surface area (Å²) < 4.78 is 25.8. The molecule has 7 rings (SSSR count). The minimum Gasteiger partial charge on any atom is -0.479 e. The summed E-state index contributed by atoms with van der Waals surface area (Å²) in [5, 5.41) is 24.6. The third-order valence-electron chi connectivity index (χ3n) is 9.85. The highest BCUT2D eigenvalue weighted by Gasteiger charge is 2.79. The van der Waals surface area contributed by atoms with Crippen molar-refractivity contribution >= 4 is 22.0 Å². The highest BCUT2D eigenvalue weighted by molar-refractivity contribution is 9.10.